The zero-order valence-electron chi connectivity index (χ0n) is 22.8. The van der Waals surface area contributed by atoms with Gasteiger partial charge in [-0.05, 0) is 22.8 Å². The molecule has 11 heteroatoms. The second-order valence-electron chi connectivity index (χ2n) is 9.67. The number of aromatic amines is 1. The number of fused-ring (bicyclic) bond motifs is 1. The Balaban J connectivity index is 1.22. The predicted molar refractivity (Wildman–Crippen MR) is 155 cm³/mol. The highest BCUT2D eigenvalue weighted by Gasteiger charge is 2.30. The standard InChI is InChI=1S/C30H33ClN4O6/c1-38-29(37)26-16-23(10-13-40-26)41-30-33-25-17-24(31)27(34-28(25)35-30)22-8-6-21(7-9-22)20-4-2-19(3-5-20)18-32-11-14-39-15-12-36/h2-9,17,23,26,32,36H,10-16,18H2,1H3,(H,33,34,35)/t23-,26-/m0/s1. The third kappa shape index (κ3) is 7.41. The van der Waals surface area contributed by atoms with E-state index < -0.39 is 12.1 Å². The molecule has 1 saturated heterocycles. The molecule has 1 fully saturated rings. The summed E-state index contributed by atoms with van der Waals surface area (Å²) in [7, 11) is 1.34. The van der Waals surface area contributed by atoms with Crippen LogP contribution in [0.3, 0.4) is 0 Å². The fourth-order valence-electron chi connectivity index (χ4n) is 4.66. The minimum atomic E-state index is -0.644. The van der Waals surface area contributed by atoms with Crippen molar-refractivity contribution in [3.8, 4) is 28.4 Å². The van der Waals surface area contributed by atoms with Crippen LogP contribution < -0.4 is 10.1 Å². The van der Waals surface area contributed by atoms with Gasteiger partial charge in [0.2, 0.25) is 0 Å². The number of aliphatic hydroxyl groups excluding tert-OH is 1. The number of hydrogen-bond acceptors (Lipinski definition) is 9. The van der Waals surface area contributed by atoms with Crippen molar-refractivity contribution < 1.29 is 28.8 Å². The Labute approximate surface area is 243 Å². The molecule has 2 aromatic carbocycles. The summed E-state index contributed by atoms with van der Waals surface area (Å²) in [5, 5.41) is 12.6. The van der Waals surface area contributed by atoms with Gasteiger partial charge < -0.3 is 34.4 Å². The number of methoxy groups -OCH3 is 1. The number of imidazole rings is 1. The summed E-state index contributed by atoms with van der Waals surface area (Å²) >= 11 is 6.62. The first-order valence-electron chi connectivity index (χ1n) is 13.6. The van der Waals surface area contributed by atoms with E-state index in [9.17, 15) is 4.79 Å². The van der Waals surface area contributed by atoms with Gasteiger partial charge in [-0.3, -0.25) is 0 Å². The van der Waals surface area contributed by atoms with E-state index in [0.717, 1.165) is 29.8 Å². The normalized spacial score (nSPS) is 17.0. The van der Waals surface area contributed by atoms with E-state index in [-0.39, 0.29) is 12.7 Å². The third-order valence-electron chi connectivity index (χ3n) is 6.82. The van der Waals surface area contributed by atoms with Crippen LogP contribution in [0.1, 0.15) is 18.4 Å². The van der Waals surface area contributed by atoms with E-state index >= 15 is 0 Å². The lowest BCUT2D eigenvalue weighted by molar-refractivity contribution is -0.160. The minimum Gasteiger partial charge on any atom is -0.467 e. The molecule has 0 saturated carbocycles. The number of H-pyrrole nitrogens is 1. The van der Waals surface area contributed by atoms with Gasteiger partial charge >= 0.3 is 5.97 Å². The lowest BCUT2D eigenvalue weighted by atomic mass is 10.0. The molecule has 2 atom stereocenters. The first-order chi connectivity index (χ1) is 20.0. The van der Waals surface area contributed by atoms with Gasteiger partial charge in [0.05, 0.1) is 49.8 Å². The summed E-state index contributed by atoms with van der Waals surface area (Å²) in [5.41, 5.74) is 6.03. The van der Waals surface area contributed by atoms with Crippen molar-refractivity contribution in [2.24, 2.45) is 0 Å². The molecule has 41 heavy (non-hydrogen) atoms. The van der Waals surface area contributed by atoms with Crippen molar-refractivity contribution in [2.45, 2.75) is 31.6 Å². The third-order valence-corrected chi connectivity index (χ3v) is 7.10. The summed E-state index contributed by atoms with van der Waals surface area (Å²) < 4.78 is 21.5. The summed E-state index contributed by atoms with van der Waals surface area (Å²) in [4.78, 5) is 24.2. The zero-order chi connectivity index (χ0) is 28.6. The fraction of sp³-hybridized carbons (Fsp3) is 0.367. The SMILES string of the molecule is COC(=O)[C@@H]1C[C@@H](Oc2nc3nc(-c4ccc(-c5ccc(CNCCOCCO)cc5)cc4)c(Cl)cc3[nH]2)CCO1. The molecule has 2 aromatic heterocycles. The van der Waals surface area contributed by atoms with E-state index in [2.05, 4.69) is 39.6 Å². The number of hydrogen-bond donors (Lipinski definition) is 3. The maximum atomic E-state index is 11.8. The number of aliphatic hydroxyl groups is 1. The number of benzene rings is 2. The van der Waals surface area contributed by atoms with Gasteiger partial charge in [0, 0.05) is 31.5 Å². The highest BCUT2D eigenvalue weighted by atomic mass is 35.5. The van der Waals surface area contributed by atoms with Crippen LogP contribution in [0.5, 0.6) is 6.01 Å². The molecule has 3 heterocycles. The van der Waals surface area contributed by atoms with Crippen LogP contribution in [0.4, 0.5) is 0 Å². The zero-order valence-corrected chi connectivity index (χ0v) is 23.5. The number of carbonyl (C=O) groups is 1. The Morgan fingerprint density at radius 2 is 1.83 bits per heavy atom. The number of nitrogens with zero attached hydrogens (tertiary/aromatic N) is 2. The van der Waals surface area contributed by atoms with Crippen LogP contribution >= 0.6 is 11.6 Å². The molecule has 1 aliphatic heterocycles. The maximum absolute atomic E-state index is 11.8. The Kier molecular flexibility index (Phi) is 9.81. The van der Waals surface area contributed by atoms with Crippen molar-refractivity contribution in [2.75, 3.05) is 40.1 Å². The molecule has 0 bridgehead atoms. The molecule has 1 aliphatic rings. The summed E-state index contributed by atoms with van der Waals surface area (Å²) in [5.74, 6) is -0.408. The first-order valence-corrected chi connectivity index (χ1v) is 13.9. The Morgan fingerprint density at radius 1 is 1.10 bits per heavy atom. The van der Waals surface area contributed by atoms with Crippen molar-refractivity contribution >= 4 is 28.7 Å². The lowest BCUT2D eigenvalue weighted by Gasteiger charge is -2.27. The largest absolute Gasteiger partial charge is 0.467 e. The number of esters is 1. The number of aromatic nitrogens is 3. The quantitative estimate of drug-likeness (QED) is 0.167. The van der Waals surface area contributed by atoms with Gasteiger partial charge in [-0.2, -0.15) is 4.98 Å². The molecular formula is C30H33ClN4O6. The maximum Gasteiger partial charge on any atom is 0.335 e. The Hall–Kier alpha value is -3.54. The van der Waals surface area contributed by atoms with E-state index in [4.69, 9.17) is 40.6 Å². The predicted octanol–water partition coefficient (Wildman–Crippen LogP) is 4.14. The van der Waals surface area contributed by atoms with E-state index in [1.807, 2.05) is 24.3 Å². The smallest absolute Gasteiger partial charge is 0.335 e. The Bertz CT molecular complexity index is 1440. The summed E-state index contributed by atoms with van der Waals surface area (Å²) in [6.07, 6.45) is 0.140. The number of rotatable bonds is 12. The molecule has 0 radical (unpaired) electrons. The van der Waals surface area contributed by atoms with Crippen molar-refractivity contribution in [1.29, 1.82) is 0 Å². The fourth-order valence-corrected chi connectivity index (χ4v) is 4.92. The molecule has 5 rings (SSSR count). The summed E-state index contributed by atoms with van der Waals surface area (Å²) in [6, 6.07) is 18.6. The second kappa shape index (κ2) is 13.9. The number of pyridine rings is 1. The number of halogens is 1. The average molecular weight is 581 g/mol. The highest BCUT2D eigenvalue weighted by molar-refractivity contribution is 6.33. The van der Waals surface area contributed by atoms with Gasteiger partial charge in [0.1, 0.15) is 6.10 Å². The minimum absolute atomic E-state index is 0.0425. The topological polar surface area (TPSA) is 128 Å². The van der Waals surface area contributed by atoms with Gasteiger partial charge in [0.25, 0.3) is 6.01 Å². The van der Waals surface area contributed by atoms with Crippen LogP contribution in [0.15, 0.2) is 54.6 Å². The van der Waals surface area contributed by atoms with Crippen molar-refractivity contribution in [3.05, 3.63) is 65.2 Å². The monoisotopic (exact) mass is 580 g/mol. The van der Waals surface area contributed by atoms with E-state index in [1.165, 1.54) is 12.7 Å². The summed E-state index contributed by atoms with van der Waals surface area (Å²) in [6.45, 7) is 2.85. The van der Waals surface area contributed by atoms with Crippen LogP contribution in [0.25, 0.3) is 33.5 Å². The average Bonchev–Trinajstić information content (AvgIpc) is 3.39. The second-order valence-corrected chi connectivity index (χ2v) is 10.1. The first kappa shape index (κ1) is 29.0. The molecular weight excluding hydrogens is 548 g/mol. The molecule has 0 unspecified atom stereocenters. The Morgan fingerprint density at radius 3 is 2.56 bits per heavy atom. The number of nitrogens with one attached hydrogen (secondary N) is 2. The van der Waals surface area contributed by atoms with Gasteiger partial charge in [-0.1, -0.05) is 60.1 Å². The van der Waals surface area contributed by atoms with Gasteiger partial charge in [0.15, 0.2) is 11.8 Å². The lowest BCUT2D eigenvalue weighted by Crippen LogP contribution is -2.38. The van der Waals surface area contributed by atoms with Crippen LogP contribution in [0.2, 0.25) is 5.02 Å². The molecule has 216 valence electrons. The van der Waals surface area contributed by atoms with Gasteiger partial charge in [-0.15, -0.1) is 0 Å². The molecule has 3 N–H and O–H groups in total. The van der Waals surface area contributed by atoms with Crippen molar-refractivity contribution in [1.82, 2.24) is 20.3 Å². The highest BCUT2D eigenvalue weighted by Crippen LogP contribution is 2.32. The number of carbonyl (C=O) groups excluding carboxylic acids is 1. The van der Waals surface area contributed by atoms with E-state index in [1.54, 1.807) is 6.07 Å². The molecule has 0 spiro atoms. The van der Waals surface area contributed by atoms with Crippen LogP contribution in [0, 0.1) is 0 Å². The molecule has 0 amide bonds. The van der Waals surface area contributed by atoms with Crippen LogP contribution in [-0.2, 0) is 25.5 Å². The van der Waals surface area contributed by atoms with Gasteiger partial charge in [-0.25, -0.2) is 9.78 Å². The van der Waals surface area contributed by atoms with E-state index in [0.29, 0.717) is 60.6 Å². The van der Waals surface area contributed by atoms with Crippen molar-refractivity contribution in [3.63, 3.8) is 0 Å². The van der Waals surface area contributed by atoms with Crippen LogP contribution in [-0.4, -0.2) is 78.3 Å². The molecule has 4 aromatic rings. The molecule has 0 aliphatic carbocycles. The number of ether oxygens (including phenoxy) is 4. The molecule has 10 nitrogen and oxygen atoms in total.